The predicted octanol–water partition coefficient (Wildman–Crippen LogP) is 3.84. The molecule has 1 N–H and O–H groups in total. The number of hydrogen-bond acceptors (Lipinski definition) is 5. The van der Waals surface area contributed by atoms with Crippen LogP contribution in [0.2, 0.25) is 0 Å². The minimum absolute atomic E-state index is 0.172. The first-order chi connectivity index (χ1) is 11.2. The monoisotopic (exact) mass is 325 g/mol. The molecule has 0 aliphatic heterocycles. The number of benzene rings is 1. The molecule has 0 radical (unpaired) electrons. The second-order valence-electron chi connectivity index (χ2n) is 4.84. The molecule has 6 heteroatoms. The van der Waals surface area contributed by atoms with Gasteiger partial charge in [-0.15, -0.1) is 11.3 Å². The molecule has 0 saturated carbocycles. The predicted molar refractivity (Wildman–Crippen MR) is 91.6 cm³/mol. The molecule has 0 bridgehead atoms. The first kappa shape index (κ1) is 15.2. The standard InChI is InChI=1S/C17H15N3O2S/c1-11(21)19-17-16(15-4-3-9-23-15)20-14(10-18-17)12-5-7-13(22-2)8-6-12/h3-10H,1-2H3,(H,18,19,21). The molecule has 2 heterocycles. The summed E-state index contributed by atoms with van der Waals surface area (Å²) in [6.07, 6.45) is 1.66. The van der Waals surface area contributed by atoms with Crippen LogP contribution in [0.25, 0.3) is 21.8 Å². The number of anilines is 1. The fourth-order valence-corrected chi connectivity index (χ4v) is 2.85. The molecule has 23 heavy (non-hydrogen) atoms. The lowest BCUT2D eigenvalue weighted by atomic mass is 10.1. The minimum Gasteiger partial charge on any atom is -0.497 e. The smallest absolute Gasteiger partial charge is 0.222 e. The van der Waals surface area contributed by atoms with Crippen LogP contribution in [-0.4, -0.2) is 23.0 Å². The molecule has 1 amide bonds. The highest BCUT2D eigenvalue weighted by atomic mass is 32.1. The van der Waals surface area contributed by atoms with E-state index < -0.39 is 0 Å². The third-order valence-electron chi connectivity index (χ3n) is 3.21. The first-order valence-electron chi connectivity index (χ1n) is 7.00. The molecule has 0 atom stereocenters. The van der Waals surface area contributed by atoms with Gasteiger partial charge in [0.05, 0.1) is 23.9 Å². The third-order valence-corrected chi connectivity index (χ3v) is 4.08. The number of amides is 1. The Morgan fingerprint density at radius 1 is 1.22 bits per heavy atom. The summed E-state index contributed by atoms with van der Waals surface area (Å²) < 4.78 is 5.17. The number of ether oxygens (including phenoxy) is 1. The molecule has 0 unspecified atom stereocenters. The highest BCUT2D eigenvalue weighted by Crippen LogP contribution is 2.31. The van der Waals surface area contributed by atoms with Gasteiger partial charge in [-0.3, -0.25) is 4.79 Å². The number of carbonyl (C=O) groups is 1. The van der Waals surface area contributed by atoms with Crippen molar-refractivity contribution >= 4 is 23.1 Å². The van der Waals surface area contributed by atoms with Gasteiger partial charge in [-0.2, -0.15) is 0 Å². The summed E-state index contributed by atoms with van der Waals surface area (Å²) in [6.45, 7) is 1.46. The average Bonchev–Trinajstić information content (AvgIpc) is 3.09. The number of aromatic nitrogens is 2. The number of nitrogens with zero attached hydrogens (tertiary/aromatic N) is 2. The largest absolute Gasteiger partial charge is 0.497 e. The maximum atomic E-state index is 11.4. The van der Waals surface area contributed by atoms with Gasteiger partial charge in [0.15, 0.2) is 5.82 Å². The van der Waals surface area contributed by atoms with Crippen molar-refractivity contribution in [3.63, 3.8) is 0 Å². The van der Waals surface area contributed by atoms with Crippen molar-refractivity contribution in [1.82, 2.24) is 9.97 Å². The van der Waals surface area contributed by atoms with E-state index in [9.17, 15) is 4.79 Å². The van der Waals surface area contributed by atoms with Gasteiger partial charge in [-0.05, 0) is 35.7 Å². The quantitative estimate of drug-likeness (QED) is 0.791. The zero-order valence-corrected chi connectivity index (χ0v) is 13.6. The summed E-state index contributed by atoms with van der Waals surface area (Å²) in [5.74, 6) is 1.08. The van der Waals surface area contributed by atoms with Gasteiger partial charge in [0.25, 0.3) is 0 Å². The molecular formula is C17H15N3O2S. The Morgan fingerprint density at radius 3 is 2.61 bits per heavy atom. The summed E-state index contributed by atoms with van der Waals surface area (Å²) in [6, 6.07) is 11.5. The van der Waals surface area contributed by atoms with Crippen molar-refractivity contribution in [2.24, 2.45) is 0 Å². The maximum Gasteiger partial charge on any atom is 0.222 e. The molecule has 1 aromatic carbocycles. The van der Waals surface area contributed by atoms with Crippen LogP contribution >= 0.6 is 11.3 Å². The fourth-order valence-electron chi connectivity index (χ4n) is 2.13. The lowest BCUT2D eigenvalue weighted by Gasteiger charge is -2.09. The Kier molecular flexibility index (Phi) is 4.34. The second kappa shape index (κ2) is 6.58. The van der Waals surface area contributed by atoms with Crippen molar-refractivity contribution in [2.75, 3.05) is 12.4 Å². The van der Waals surface area contributed by atoms with Crippen LogP contribution in [-0.2, 0) is 4.79 Å². The molecule has 116 valence electrons. The topological polar surface area (TPSA) is 64.1 Å². The van der Waals surface area contributed by atoms with Crippen molar-refractivity contribution < 1.29 is 9.53 Å². The van der Waals surface area contributed by atoms with Gasteiger partial charge < -0.3 is 10.1 Å². The molecule has 0 aliphatic rings. The summed E-state index contributed by atoms with van der Waals surface area (Å²) in [5, 5.41) is 4.70. The van der Waals surface area contributed by atoms with Gasteiger partial charge >= 0.3 is 0 Å². The van der Waals surface area contributed by atoms with Crippen LogP contribution in [0.4, 0.5) is 5.82 Å². The fraction of sp³-hybridized carbons (Fsp3) is 0.118. The summed E-state index contributed by atoms with van der Waals surface area (Å²) in [4.78, 5) is 21.4. The van der Waals surface area contributed by atoms with Gasteiger partial charge in [0.1, 0.15) is 11.4 Å². The minimum atomic E-state index is -0.172. The lowest BCUT2D eigenvalue weighted by molar-refractivity contribution is -0.114. The van der Waals surface area contributed by atoms with E-state index in [1.165, 1.54) is 6.92 Å². The lowest BCUT2D eigenvalue weighted by Crippen LogP contribution is -2.09. The molecule has 3 aromatic rings. The molecule has 0 saturated heterocycles. The molecular weight excluding hydrogens is 310 g/mol. The zero-order chi connectivity index (χ0) is 16.2. The van der Waals surface area contributed by atoms with E-state index in [4.69, 9.17) is 4.74 Å². The summed E-state index contributed by atoms with van der Waals surface area (Å²) in [5.41, 5.74) is 2.35. The van der Waals surface area contributed by atoms with E-state index >= 15 is 0 Å². The van der Waals surface area contributed by atoms with Crippen LogP contribution in [0.1, 0.15) is 6.92 Å². The Bertz CT molecular complexity index is 814. The molecule has 2 aromatic heterocycles. The van der Waals surface area contributed by atoms with Crippen LogP contribution in [0, 0.1) is 0 Å². The van der Waals surface area contributed by atoms with Crippen molar-refractivity contribution in [3.8, 4) is 27.6 Å². The van der Waals surface area contributed by atoms with Crippen LogP contribution < -0.4 is 10.1 Å². The summed E-state index contributed by atoms with van der Waals surface area (Å²) in [7, 11) is 1.63. The Morgan fingerprint density at radius 2 is 2.00 bits per heavy atom. The van der Waals surface area contributed by atoms with E-state index in [1.54, 1.807) is 24.6 Å². The van der Waals surface area contributed by atoms with Gasteiger partial charge in [-0.25, -0.2) is 9.97 Å². The number of carbonyl (C=O) groups excluding carboxylic acids is 1. The van der Waals surface area contributed by atoms with E-state index in [0.29, 0.717) is 11.5 Å². The third kappa shape index (κ3) is 3.37. The van der Waals surface area contributed by atoms with Gasteiger partial charge in [0.2, 0.25) is 5.91 Å². The Balaban J connectivity index is 2.05. The molecule has 0 spiro atoms. The normalized spacial score (nSPS) is 10.3. The SMILES string of the molecule is COc1ccc(-c2cnc(NC(C)=O)c(-c3cccs3)n2)cc1. The van der Waals surface area contributed by atoms with Crippen molar-refractivity contribution in [3.05, 3.63) is 48.0 Å². The van der Waals surface area contributed by atoms with E-state index in [2.05, 4.69) is 15.3 Å². The maximum absolute atomic E-state index is 11.4. The number of methoxy groups -OCH3 is 1. The number of thiophene rings is 1. The second-order valence-corrected chi connectivity index (χ2v) is 5.79. The van der Waals surface area contributed by atoms with Crippen LogP contribution in [0.3, 0.4) is 0 Å². The van der Waals surface area contributed by atoms with Crippen LogP contribution in [0.15, 0.2) is 48.0 Å². The van der Waals surface area contributed by atoms with Crippen LogP contribution in [0.5, 0.6) is 5.75 Å². The zero-order valence-electron chi connectivity index (χ0n) is 12.7. The van der Waals surface area contributed by atoms with Crippen molar-refractivity contribution in [1.29, 1.82) is 0 Å². The van der Waals surface area contributed by atoms with Gasteiger partial charge in [0, 0.05) is 12.5 Å². The molecule has 3 rings (SSSR count). The van der Waals surface area contributed by atoms with E-state index in [-0.39, 0.29) is 5.91 Å². The Labute approximate surface area is 138 Å². The molecule has 0 fully saturated rings. The summed E-state index contributed by atoms with van der Waals surface area (Å²) >= 11 is 1.55. The highest BCUT2D eigenvalue weighted by Gasteiger charge is 2.13. The number of rotatable bonds is 4. The number of nitrogens with one attached hydrogen (secondary N) is 1. The molecule has 0 aliphatic carbocycles. The first-order valence-corrected chi connectivity index (χ1v) is 7.88. The molecule has 5 nitrogen and oxygen atoms in total. The van der Waals surface area contributed by atoms with E-state index in [1.807, 2.05) is 41.8 Å². The van der Waals surface area contributed by atoms with Crippen molar-refractivity contribution in [2.45, 2.75) is 6.92 Å². The average molecular weight is 325 g/mol. The number of hydrogen-bond donors (Lipinski definition) is 1. The van der Waals surface area contributed by atoms with Gasteiger partial charge in [-0.1, -0.05) is 6.07 Å². The highest BCUT2D eigenvalue weighted by molar-refractivity contribution is 7.13. The van der Waals surface area contributed by atoms with E-state index in [0.717, 1.165) is 21.9 Å². The Hall–Kier alpha value is -2.73.